The summed E-state index contributed by atoms with van der Waals surface area (Å²) in [5, 5.41) is 18.0. The van der Waals surface area contributed by atoms with Gasteiger partial charge in [-0.3, -0.25) is 9.59 Å². The quantitative estimate of drug-likeness (QED) is 0.432. The van der Waals surface area contributed by atoms with E-state index in [9.17, 15) is 14.7 Å². The molecule has 0 aromatic carbocycles. The summed E-state index contributed by atoms with van der Waals surface area (Å²) in [7, 11) is 0. The maximum Gasteiger partial charge on any atom is 0.264 e. The summed E-state index contributed by atoms with van der Waals surface area (Å²) in [6.45, 7) is 5.31. The van der Waals surface area contributed by atoms with Gasteiger partial charge < -0.3 is 25.6 Å². The van der Waals surface area contributed by atoms with Crippen molar-refractivity contribution in [3.05, 3.63) is 40.0 Å². The third-order valence-corrected chi connectivity index (χ3v) is 7.51. The Hall–Kier alpha value is -3.18. The van der Waals surface area contributed by atoms with Crippen LogP contribution in [0, 0.1) is 12.3 Å². The minimum Gasteiger partial charge on any atom is -0.489 e. The van der Waals surface area contributed by atoms with Crippen molar-refractivity contribution in [2.24, 2.45) is 11.1 Å². The Labute approximate surface area is 206 Å². The van der Waals surface area contributed by atoms with Crippen LogP contribution in [0.4, 0.5) is 0 Å². The number of carbonyl (C=O) groups excluding carboxylic acids is 2. The smallest absolute Gasteiger partial charge is 0.264 e. The highest BCUT2D eigenvalue weighted by Gasteiger charge is 2.54. The van der Waals surface area contributed by atoms with Crippen LogP contribution in [0.25, 0.3) is 5.52 Å². The van der Waals surface area contributed by atoms with Crippen LogP contribution >= 0.6 is 11.3 Å². The molecule has 0 radical (unpaired) electrons. The van der Waals surface area contributed by atoms with E-state index in [1.165, 1.54) is 11.3 Å². The number of nitrogens with two attached hydrogens (primary N) is 1. The van der Waals surface area contributed by atoms with Gasteiger partial charge in [-0.15, -0.1) is 11.3 Å². The molecule has 3 aromatic rings. The first-order chi connectivity index (χ1) is 16.5. The molecule has 0 bridgehead atoms. The first-order valence-corrected chi connectivity index (χ1v) is 12.4. The highest BCUT2D eigenvalue weighted by Crippen LogP contribution is 2.57. The zero-order valence-electron chi connectivity index (χ0n) is 19.9. The molecule has 35 heavy (non-hydrogen) atoms. The van der Waals surface area contributed by atoms with Gasteiger partial charge in [-0.05, 0) is 64.0 Å². The summed E-state index contributed by atoms with van der Waals surface area (Å²) in [5.41, 5.74) is 5.85. The summed E-state index contributed by atoms with van der Waals surface area (Å²) >= 11 is 1.25. The van der Waals surface area contributed by atoms with E-state index in [0.717, 1.165) is 30.7 Å². The molecule has 5 rings (SSSR count). The number of fused-ring (bicyclic) bond motifs is 1. The standard InChI is InChI=1S/C24H29N5O5S/c1-13-27-22(19(35-13)20(25)30)34-16-8-24(9-16)6-14(7-24)28-21(31)17-10-26-29-11-15(4-5-18(17)29)33-12-23(2,3)32/h4-5,10-11,14,16,32H,6-9,12H2,1-3H3,(H2,25,30)(H,28,31)/t14-,16-,24?. The number of ether oxygens (including phenoxy) is 2. The number of carbonyl (C=O) groups is 2. The third kappa shape index (κ3) is 4.83. The number of rotatable bonds is 8. The Kier molecular flexibility index (Phi) is 5.71. The summed E-state index contributed by atoms with van der Waals surface area (Å²) < 4.78 is 13.1. The van der Waals surface area contributed by atoms with Crippen LogP contribution in [-0.2, 0) is 0 Å². The van der Waals surface area contributed by atoms with Crippen LogP contribution in [-0.4, -0.2) is 55.9 Å². The van der Waals surface area contributed by atoms with Crippen molar-refractivity contribution < 1.29 is 24.2 Å². The van der Waals surface area contributed by atoms with Crippen molar-refractivity contribution in [2.45, 2.75) is 64.2 Å². The fourth-order valence-corrected chi connectivity index (χ4v) is 5.67. The molecular formula is C24H29N5O5S. The van der Waals surface area contributed by atoms with Crippen LogP contribution in [0.1, 0.15) is 64.6 Å². The van der Waals surface area contributed by atoms with Gasteiger partial charge in [0, 0.05) is 6.04 Å². The van der Waals surface area contributed by atoms with Gasteiger partial charge in [0.1, 0.15) is 18.5 Å². The number of hydrogen-bond acceptors (Lipinski definition) is 8. The van der Waals surface area contributed by atoms with E-state index in [0.29, 0.717) is 27.6 Å². The van der Waals surface area contributed by atoms with E-state index in [4.69, 9.17) is 15.2 Å². The van der Waals surface area contributed by atoms with Gasteiger partial charge in [-0.1, -0.05) is 0 Å². The fourth-order valence-electron chi connectivity index (χ4n) is 4.96. The number of nitrogens with zero attached hydrogens (tertiary/aromatic N) is 3. The molecule has 3 aromatic heterocycles. The van der Waals surface area contributed by atoms with Crippen LogP contribution in [0.2, 0.25) is 0 Å². The Morgan fingerprint density at radius 3 is 2.74 bits per heavy atom. The molecule has 0 saturated heterocycles. The molecule has 4 N–H and O–H groups in total. The summed E-state index contributed by atoms with van der Waals surface area (Å²) in [6, 6.07) is 3.66. The average molecular weight is 500 g/mol. The van der Waals surface area contributed by atoms with Gasteiger partial charge in [-0.2, -0.15) is 5.10 Å². The molecular weight excluding hydrogens is 470 g/mol. The average Bonchev–Trinajstić information content (AvgIpc) is 3.31. The molecule has 2 fully saturated rings. The lowest BCUT2D eigenvalue weighted by molar-refractivity contribution is -0.0846. The van der Waals surface area contributed by atoms with E-state index in [2.05, 4.69) is 15.4 Å². The van der Waals surface area contributed by atoms with Crippen LogP contribution < -0.4 is 20.5 Å². The second-order valence-corrected chi connectivity index (χ2v) is 11.5. The first kappa shape index (κ1) is 23.6. The monoisotopic (exact) mass is 499 g/mol. The molecule has 2 saturated carbocycles. The van der Waals surface area contributed by atoms with Crippen LogP contribution in [0.3, 0.4) is 0 Å². The van der Waals surface area contributed by atoms with Gasteiger partial charge >= 0.3 is 0 Å². The summed E-state index contributed by atoms with van der Waals surface area (Å²) in [4.78, 5) is 29.1. The summed E-state index contributed by atoms with van der Waals surface area (Å²) in [6.07, 6.45) is 6.79. The molecule has 2 aliphatic rings. The Bertz CT molecular complexity index is 1280. The number of primary amides is 1. The summed E-state index contributed by atoms with van der Waals surface area (Å²) in [5.74, 6) is 0.233. The predicted octanol–water partition coefficient (Wildman–Crippen LogP) is 2.47. The Morgan fingerprint density at radius 2 is 2.06 bits per heavy atom. The molecule has 10 nitrogen and oxygen atoms in total. The molecule has 0 atom stereocenters. The largest absolute Gasteiger partial charge is 0.489 e. The molecule has 1 spiro atoms. The van der Waals surface area contributed by atoms with Crippen molar-refractivity contribution in [2.75, 3.05) is 6.61 Å². The number of thiazole rings is 1. The minimum atomic E-state index is -0.941. The molecule has 0 aliphatic heterocycles. The highest BCUT2D eigenvalue weighted by molar-refractivity contribution is 7.13. The van der Waals surface area contributed by atoms with Crippen molar-refractivity contribution in [1.29, 1.82) is 0 Å². The third-order valence-electron chi connectivity index (χ3n) is 6.55. The van der Waals surface area contributed by atoms with Crippen molar-refractivity contribution in [1.82, 2.24) is 19.9 Å². The maximum absolute atomic E-state index is 12.9. The molecule has 2 aliphatic carbocycles. The highest BCUT2D eigenvalue weighted by atomic mass is 32.1. The molecule has 0 unspecified atom stereocenters. The van der Waals surface area contributed by atoms with Gasteiger partial charge in [0.05, 0.1) is 34.1 Å². The zero-order chi connectivity index (χ0) is 25.0. The number of aryl methyl sites for hydroxylation is 1. The lowest BCUT2D eigenvalue weighted by Gasteiger charge is -2.57. The van der Waals surface area contributed by atoms with E-state index in [-0.39, 0.29) is 30.1 Å². The maximum atomic E-state index is 12.9. The van der Waals surface area contributed by atoms with Crippen LogP contribution in [0.15, 0.2) is 24.5 Å². The van der Waals surface area contributed by atoms with Crippen LogP contribution in [0.5, 0.6) is 11.6 Å². The fraction of sp³-hybridized carbons (Fsp3) is 0.500. The van der Waals surface area contributed by atoms with Gasteiger partial charge in [0.15, 0.2) is 4.88 Å². The molecule has 2 amide bonds. The van der Waals surface area contributed by atoms with E-state index >= 15 is 0 Å². The van der Waals surface area contributed by atoms with E-state index < -0.39 is 11.5 Å². The molecule has 186 valence electrons. The number of hydrogen-bond donors (Lipinski definition) is 3. The zero-order valence-corrected chi connectivity index (χ0v) is 20.7. The predicted molar refractivity (Wildman–Crippen MR) is 129 cm³/mol. The normalized spacial score (nSPS) is 23.5. The lowest BCUT2D eigenvalue weighted by Crippen LogP contribution is -2.58. The number of amides is 2. The lowest BCUT2D eigenvalue weighted by atomic mass is 9.53. The molecule has 3 heterocycles. The van der Waals surface area contributed by atoms with Gasteiger partial charge in [0.25, 0.3) is 11.8 Å². The molecule has 11 heteroatoms. The Balaban J connectivity index is 1.13. The number of aliphatic hydroxyl groups is 1. The second kappa shape index (κ2) is 8.49. The van der Waals surface area contributed by atoms with Crippen molar-refractivity contribution >= 4 is 28.7 Å². The van der Waals surface area contributed by atoms with Crippen molar-refractivity contribution in [3.63, 3.8) is 0 Å². The van der Waals surface area contributed by atoms with Gasteiger partial charge in [-0.25, -0.2) is 9.50 Å². The second-order valence-electron chi connectivity index (χ2n) is 10.3. The van der Waals surface area contributed by atoms with E-state index in [1.807, 2.05) is 6.92 Å². The number of pyridine rings is 1. The number of aromatic nitrogens is 3. The SMILES string of the molecule is Cc1nc(O[C@H]2CC3(C[C@H](NC(=O)c4cnn5cc(OCC(C)(C)O)ccc45)C3)C2)c(C(N)=O)s1. The first-order valence-electron chi connectivity index (χ1n) is 11.6. The minimum absolute atomic E-state index is 0.0127. The van der Waals surface area contributed by atoms with E-state index in [1.54, 1.807) is 42.9 Å². The van der Waals surface area contributed by atoms with Gasteiger partial charge in [0.2, 0.25) is 5.88 Å². The van der Waals surface area contributed by atoms with Crippen molar-refractivity contribution in [3.8, 4) is 11.6 Å². The Morgan fingerprint density at radius 1 is 1.31 bits per heavy atom. The topological polar surface area (TPSA) is 141 Å². The number of nitrogens with one attached hydrogen (secondary N) is 1.